The molecule has 6 heteroatoms. The fourth-order valence-electron chi connectivity index (χ4n) is 3.43. The molecule has 2 unspecified atom stereocenters. The highest BCUT2D eigenvalue weighted by Crippen LogP contribution is 2.25. The van der Waals surface area contributed by atoms with E-state index in [9.17, 15) is 19.8 Å². The quantitative estimate of drug-likeness (QED) is 0.336. The summed E-state index contributed by atoms with van der Waals surface area (Å²) in [6.45, 7) is 10.6. The maximum Gasteiger partial charge on any atom is 0.335 e. The predicted molar refractivity (Wildman–Crippen MR) is 136 cm³/mol. The highest BCUT2D eigenvalue weighted by Gasteiger charge is 2.21. The van der Waals surface area contributed by atoms with E-state index in [2.05, 4.69) is 27.7 Å². The SMILES string of the molecule is CC(C)CC(CC(C)C)C(O)CCC(C)O.O=C(O)c1ccccc1.O=C(O)c1ccccc1. The van der Waals surface area contributed by atoms with Crippen molar-refractivity contribution in [1.82, 2.24) is 0 Å². The van der Waals surface area contributed by atoms with E-state index >= 15 is 0 Å². The van der Waals surface area contributed by atoms with Gasteiger partial charge in [-0.3, -0.25) is 0 Å². The molecule has 2 atom stereocenters. The van der Waals surface area contributed by atoms with Crippen LogP contribution in [0.4, 0.5) is 0 Å². The molecule has 0 aliphatic rings. The van der Waals surface area contributed by atoms with Gasteiger partial charge in [-0.05, 0) is 74.6 Å². The number of aliphatic hydroxyl groups is 2. The van der Waals surface area contributed by atoms with Crippen LogP contribution in [-0.2, 0) is 0 Å². The highest BCUT2D eigenvalue weighted by molar-refractivity contribution is 5.87. The molecule has 0 aliphatic heterocycles. The van der Waals surface area contributed by atoms with Crippen LogP contribution >= 0.6 is 0 Å². The standard InChI is InChI=1S/C14H30O2.2C7H6O2/c1-10(2)8-13(9-11(3)4)14(16)7-6-12(5)15;2*8-7(9)6-4-2-1-3-5-6/h10-16H,6-9H2,1-5H3;2*1-5H,(H,8,9). The van der Waals surface area contributed by atoms with Crippen LogP contribution < -0.4 is 0 Å². The molecule has 2 aromatic rings. The second kappa shape index (κ2) is 17.7. The molecule has 0 amide bonds. The van der Waals surface area contributed by atoms with Crippen molar-refractivity contribution in [2.24, 2.45) is 17.8 Å². The van der Waals surface area contributed by atoms with Crippen molar-refractivity contribution in [1.29, 1.82) is 0 Å². The Labute approximate surface area is 204 Å². The van der Waals surface area contributed by atoms with Gasteiger partial charge in [0.1, 0.15) is 0 Å². The molecule has 0 heterocycles. The molecule has 0 fully saturated rings. The molecule has 0 aliphatic carbocycles. The van der Waals surface area contributed by atoms with Crippen molar-refractivity contribution >= 4 is 11.9 Å². The molecule has 2 aromatic carbocycles. The number of carboxylic acid groups (broad SMARTS) is 2. The Balaban J connectivity index is 0.000000513. The third-order valence-corrected chi connectivity index (χ3v) is 5.01. The number of hydrogen-bond donors (Lipinski definition) is 4. The lowest BCUT2D eigenvalue weighted by atomic mass is 9.83. The zero-order valence-electron chi connectivity index (χ0n) is 21.1. The monoisotopic (exact) mass is 474 g/mol. The van der Waals surface area contributed by atoms with E-state index in [1.54, 1.807) is 67.6 Å². The third-order valence-electron chi connectivity index (χ3n) is 5.01. The minimum Gasteiger partial charge on any atom is -0.478 e. The Morgan fingerprint density at radius 2 is 1.00 bits per heavy atom. The molecule has 0 aromatic heterocycles. The van der Waals surface area contributed by atoms with Crippen LogP contribution in [0.5, 0.6) is 0 Å². The maximum atomic E-state index is 10.2. The van der Waals surface area contributed by atoms with Gasteiger partial charge < -0.3 is 20.4 Å². The van der Waals surface area contributed by atoms with Gasteiger partial charge >= 0.3 is 11.9 Å². The lowest BCUT2D eigenvalue weighted by Gasteiger charge is -2.26. The molecule has 0 saturated carbocycles. The summed E-state index contributed by atoms with van der Waals surface area (Å²) in [4.78, 5) is 20.4. The van der Waals surface area contributed by atoms with Crippen molar-refractivity contribution in [3.8, 4) is 0 Å². The van der Waals surface area contributed by atoms with Gasteiger partial charge in [-0.15, -0.1) is 0 Å². The Bertz CT molecular complexity index is 728. The first-order chi connectivity index (χ1) is 15.9. The van der Waals surface area contributed by atoms with Crippen LogP contribution in [0.15, 0.2) is 60.7 Å². The number of rotatable bonds is 10. The maximum absolute atomic E-state index is 10.2. The first-order valence-electron chi connectivity index (χ1n) is 11.9. The van der Waals surface area contributed by atoms with E-state index in [1.807, 2.05) is 0 Å². The Morgan fingerprint density at radius 1 is 0.647 bits per heavy atom. The Hall–Kier alpha value is -2.70. The van der Waals surface area contributed by atoms with E-state index < -0.39 is 11.9 Å². The molecule has 6 nitrogen and oxygen atoms in total. The van der Waals surface area contributed by atoms with Crippen molar-refractivity contribution in [2.75, 3.05) is 0 Å². The van der Waals surface area contributed by atoms with Gasteiger partial charge in [-0.2, -0.15) is 0 Å². The van der Waals surface area contributed by atoms with Crippen molar-refractivity contribution in [3.63, 3.8) is 0 Å². The first-order valence-corrected chi connectivity index (χ1v) is 11.9. The zero-order valence-corrected chi connectivity index (χ0v) is 21.1. The Kier molecular flexibility index (Phi) is 16.3. The van der Waals surface area contributed by atoms with Gasteiger partial charge in [0.25, 0.3) is 0 Å². The lowest BCUT2D eigenvalue weighted by Crippen LogP contribution is -2.24. The van der Waals surface area contributed by atoms with Gasteiger partial charge in [0.2, 0.25) is 0 Å². The van der Waals surface area contributed by atoms with E-state index in [-0.39, 0.29) is 12.2 Å². The number of carbonyl (C=O) groups is 2. The summed E-state index contributed by atoms with van der Waals surface area (Å²) in [6.07, 6.45) is 3.04. The van der Waals surface area contributed by atoms with E-state index in [0.29, 0.717) is 35.3 Å². The Morgan fingerprint density at radius 3 is 1.24 bits per heavy atom. The molecule has 0 bridgehead atoms. The van der Waals surface area contributed by atoms with E-state index in [4.69, 9.17) is 10.2 Å². The van der Waals surface area contributed by atoms with Crippen LogP contribution in [0.2, 0.25) is 0 Å². The summed E-state index contributed by atoms with van der Waals surface area (Å²) >= 11 is 0. The summed E-state index contributed by atoms with van der Waals surface area (Å²) in [6, 6.07) is 16.6. The van der Waals surface area contributed by atoms with Gasteiger partial charge in [0.05, 0.1) is 23.3 Å². The summed E-state index contributed by atoms with van der Waals surface area (Å²) in [5, 5.41) is 36.1. The third kappa shape index (κ3) is 16.0. The van der Waals surface area contributed by atoms with Gasteiger partial charge in [-0.1, -0.05) is 64.1 Å². The topological polar surface area (TPSA) is 115 Å². The summed E-state index contributed by atoms with van der Waals surface area (Å²) in [5.41, 5.74) is 0.662. The number of aliphatic hydroxyl groups excluding tert-OH is 2. The molecule has 190 valence electrons. The summed E-state index contributed by atoms with van der Waals surface area (Å²) < 4.78 is 0. The number of aromatic carboxylic acids is 2. The number of hydrogen-bond acceptors (Lipinski definition) is 4. The first kappa shape index (κ1) is 31.3. The van der Waals surface area contributed by atoms with Gasteiger partial charge in [0.15, 0.2) is 0 Å². The van der Waals surface area contributed by atoms with Crippen LogP contribution in [0.3, 0.4) is 0 Å². The van der Waals surface area contributed by atoms with E-state index in [0.717, 1.165) is 19.3 Å². The molecule has 4 N–H and O–H groups in total. The second-order valence-electron chi connectivity index (χ2n) is 9.36. The second-order valence-corrected chi connectivity index (χ2v) is 9.36. The van der Waals surface area contributed by atoms with Crippen LogP contribution in [0.1, 0.15) is 81.0 Å². The summed E-state index contributed by atoms with van der Waals surface area (Å²) in [7, 11) is 0. The average Bonchev–Trinajstić information content (AvgIpc) is 2.78. The zero-order chi connectivity index (χ0) is 26.1. The van der Waals surface area contributed by atoms with Crippen molar-refractivity contribution in [2.45, 2.75) is 72.5 Å². The summed E-state index contributed by atoms with van der Waals surface area (Å²) in [5.74, 6) is -0.111. The molecule has 34 heavy (non-hydrogen) atoms. The molecule has 2 rings (SSSR count). The van der Waals surface area contributed by atoms with Crippen LogP contribution in [-0.4, -0.2) is 44.6 Å². The van der Waals surface area contributed by atoms with Gasteiger partial charge in [0, 0.05) is 0 Å². The number of carboxylic acids is 2. The van der Waals surface area contributed by atoms with Crippen molar-refractivity contribution < 1.29 is 30.0 Å². The minimum atomic E-state index is -0.879. The fraction of sp³-hybridized carbons (Fsp3) is 0.500. The normalized spacial score (nSPS) is 12.3. The van der Waals surface area contributed by atoms with E-state index in [1.165, 1.54) is 0 Å². The minimum absolute atomic E-state index is 0.251. The molecule has 0 radical (unpaired) electrons. The molecular formula is C28H42O6. The lowest BCUT2D eigenvalue weighted by molar-refractivity contribution is 0.0587. The van der Waals surface area contributed by atoms with Crippen molar-refractivity contribution in [3.05, 3.63) is 71.8 Å². The molecule has 0 spiro atoms. The van der Waals surface area contributed by atoms with Crippen LogP contribution in [0.25, 0.3) is 0 Å². The average molecular weight is 475 g/mol. The van der Waals surface area contributed by atoms with Gasteiger partial charge in [-0.25, -0.2) is 9.59 Å². The highest BCUT2D eigenvalue weighted by atomic mass is 16.4. The predicted octanol–water partition coefficient (Wildman–Crippen LogP) is 5.99. The smallest absolute Gasteiger partial charge is 0.335 e. The largest absolute Gasteiger partial charge is 0.478 e. The van der Waals surface area contributed by atoms with Crippen LogP contribution in [0, 0.1) is 17.8 Å². The molecular weight excluding hydrogens is 432 g/mol. The molecule has 0 saturated heterocycles. The fourth-order valence-corrected chi connectivity index (χ4v) is 3.43. The number of benzene rings is 2.